The van der Waals surface area contributed by atoms with Gasteiger partial charge in [-0.25, -0.2) is 0 Å². The molecule has 31 heavy (non-hydrogen) atoms. The molecule has 1 amide bonds. The molecule has 2 aliphatic heterocycles. The number of nitrogens with one attached hydrogen (secondary N) is 1. The van der Waals surface area contributed by atoms with Crippen molar-refractivity contribution >= 4 is 35.8 Å². The third-order valence-corrected chi connectivity index (χ3v) is 5.66. The summed E-state index contributed by atoms with van der Waals surface area (Å²) < 4.78 is 16.4. The number of piperidine rings is 1. The minimum atomic E-state index is 0. The van der Waals surface area contributed by atoms with Gasteiger partial charge in [0.25, 0.3) is 0 Å². The van der Waals surface area contributed by atoms with E-state index < -0.39 is 0 Å². The summed E-state index contributed by atoms with van der Waals surface area (Å²) in [5, 5.41) is 3.44. The maximum atomic E-state index is 12.7. The van der Waals surface area contributed by atoms with E-state index in [1.807, 2.05) is 30.0 Å². The number of aliphatic imine (C=N–C) groups is 1. The maximum Gasteiger partial charge on any atom is 0.225 e. The third-order valence-electron chi connectivity index (χ3n) is 5.66. The van der Waals surface area contributed by atoms with Crippen molar-refractivity contribution in [3.05, 3.63) is 23.8 Å². The number of ether oxygens (including phenoxy) is 3. The molecule has 0 bridgehead atoms. The van der Waals surface area contributed by atoms with Crippen molar-refractivity contribution < 1.29 is 19.0 Å². The van der Waals surface area contributed by atoms with Gasteiger partial charge >= 0.3 is 0 Å². The second kappa shape index (κ2) is 12.9. The van der Waals surface area contributed by atoms with E-state index in [0.717, 1.165) is 49.0 Å². The SMILES string of the molecule is CCOc1cc(CNC(=NC)N2CCC(C(=O)N3CCOCC3)CC2)ccc1OC.I. The number of carbonyl (C=O) groups is 1. The zero-order chi connectivity index (χ0) is 21.3. The van der Waals surface area contributed by atoms with E-state index in [0.29, 0.717) is 39.5 Å². The van der Waals surface area contributed by atoms with Gasteiger partial charge in [-0.05, 0) is 37.5 Å². The molecule has 1 N–H and O–H groups in total. The van der Waals surface area contributed by atoms with Crippen LogP contribution in [0.3, 0.4) is 0 Å². The molecule has 3 rings (SSSR count). The average molecular weight is 546 g/mol. The van der Waals surface area contributed by atoms with Gasteiger partial charge < -0.3 is 29.3 Å². The number of halogens is 1. The Hall–Kier alpha value is -1.75. The molecular formula is C22H35IN4O4. The summed E-state index contributed by atoms with van der Waals surface area (Å²) in [5.74, 6) is 2.73. The van der Waals surface area contributed by atoms with Gasteiger partial charge in [0.2, 0.25) is 5.91 Å². The van der Waals surface area contributed by atoms with Crippen LogP contribution < -0.4 is 14.8 Å². The monoisotopic (exact) mass is 546 g/mol. The number of rotatable bonds is 6. The van der Waals surface area contributed by atoms with Gasteiger partial charge in [-0.3, -0.25) is 9.79 Å². The topological polar surface area (TPSA) is 75.6 Å². The first-order valence-electron chi connectivity index (χ1n) is 10.8. The van der Waals surface area contributed by atoms with E-state index in [4.69, 9.17) is 14.2 Å². The fourth-order valence-corrected chi connectivity index (χ4v) is 3.99. The van der Waals surface area contributed by atoms with E-state index in [9.17, 15) is 4.79 Å². The Morgan fingerprint density at radius 2 is 1.87 bits per heavy atom. The van der Waals surface area contributed by atoms with E-state index in [1.54, 1.807) is 14.2 Å². The van der Waals surface area contributed by atoms with Crippen LogP contribution in [-0.4, -0.2) is 81.8 Å². The molecule has 2 heterocycles. The molecule has 0 atom stereocenters. The number of nitrogens with zero attached hydrogens (tertiary/aromatic N) is 3. The Morgan fingerprint density at radius 3 is 2.48 bits per heavy atom. The quantitative estimate of drug-likeness (QED) is 0.336. The summed E-state index contributed by atoms with van der Waals surface area (Å²) in [6.07, 6.45) is 1.71. The molecule has 2 saturated heterocycles. The number of hydrogen-bond acceptors (Lipinski definition) is 5. The van der Waals surface area contributed by atoms with E-state index in [-0.39, 0.29) is 35.8 Å². The van der Waals surface area contributed by atoms with Crippen molar-refractivity contribution in [2.75, 3.05) is 60.2 Å². The van der Waals surface area contributed by atoms with Crippen molar-refractivity contribution in [1.29, 1.82) is 0 Å². The van der Waals surface area contributed by atoms with Crippen molar-refractivity contribution in [2.24, 2.45) is 10.9 Å². The molecule has 0 aliphatic carbocycles. The molecule has 2 aliphatic rings. The molecule has 1 aromatic rings. The number of methoxy groups -OCH3 is 1. The summed E-state index contributed by atoms with van der Waals surface area (Å²) in [4.78, 5) is 21.4. The molecule has 0 aromatic heterocycles. The van der Waals surface area contributed by atoms with Gasteiger partial charge in [-0.2, -0.15) is 0 Å². The van der Waals surface area contributed by atoms with Crippen LogP contribution >= 0.6 is 24.0 Å². The highest BCUT2D eigenvalue weighted by Crippen LogP contribution is 2.28. The highest BCUT2D eigenvalue weighted by molar-refractivity contribution is 14.0. The zero-order valence-corrected chi connectivity index (χ0v) is 21.1. The Labute approximate surface area is 202 Å². The number of guanidine groups is 1. The maximum absolute atomic E-state index is 12.7. The second-order valence-electron chi connectivity index (χ2n) is 7.52. The lowest BCUT2D eigenvalue weighted by Gasteiger charge is -2.36. The molecule has 8 nitrogen and oxygen atoms in total. The molecule has 0 spiro atoms. The van der Waals surface area contributed by atoms with Crippen LogP contribution in [0.1, 0.15) is 25.3 Å². The summed E-state index contributed by atoms with van der Waals surface area (Å²) in [7, 11) is 3.44. The van der Waals surface area contributed by atoms with Crippen LogP contribution in [0.15, 0.2) is 23.2 Å². The molecule has 0 radical (unpaired) electrons. The summed E-state index contributed by atoms with van der Waals surface area (Å²) in [6, 6.07) is 5.94. The van der Waals surface area contributed by atoms with Crippen LogP contribution in [0.4, 0.5) is 0 Å². The number of carbonyl (C=O) groups excluding carboxylic acids is 1. The fourth-order valence-electron chi connectivity index (χ4n) is 3.99. The van der Waals surface area contributed by atoms with Crippen LogP contribution in [0, 0.1) is 5.92 Å². The van der Waals surface area contributed by atoms with Crippen molar-refractivity contribution in [2.45, 2.75) is 26.3 Å². The smallest absolute Gasteiger partial charge is 0.225 e. The summed E-state index contributed by atoms with van der Waals surface area (Å²) in [6.45, 7) is 7.58. The molecular weight excluding hydrogens is 511 g/mol. The first-order valence-corrected chi connectivity index (χ1v) is 10.8. The summed E-state index contributed by atoms with van der Waals surface area (Å²) in [5.41, 5.74) is 1.10. The van der Waals surface area contributed by atoms with E-state index in [2.05, 4.69) is 15.2 Å². The third kappa shape index (κ3) is 6.86. The number of likely N-dealkylation sites (tertiary alicyclic amines) is 1. The van der Waals surface area contributed by atoms with Gasteiger partial charge in [0.15, 0.2) is 17.5 Å². The van der Waals surface area contributed by atoms with E-state index >= 15 is 0 Å². The largest absolute Gasteiger partial charge is 0.493 e. The predicted molar refractivity (Wildman–Crippen MR) is 131 cm³/mol. The average Bonchev–Trinajstić information content (AvgIpc) is 2.80. The minimum Gasteiger partial charge on any atom is -0.493 e. The van der Waals surface area contributed by atoms with Crippen molar-refractivity contribution in [1.82, 2.24) is 15.1 Å². The van der Waals surface area contributed by atoms with Crippen LogP contribution in [0.25, 0.3) is 0 Å². The fraction of sp³-hybridized carbons (Fsp3) is 0.636. The zero-order valence-electron chi connectivity index (χ0n) is 18.8. The van der Waals surface area contributed by atoms with Gasteiger partial charge in [-0.1, -0.05) is 6.07 Å². The van der Waals surface area contributed by atoms with Crippen molar-refractivity contribution in [3.8, 4) is 11.5 Å². The Balaban J connectivity index is 0.00000341. The first kappa shape index (κ1) is 25.5. The lowest BCUT2D eigenvalue weighted by Crippen LogP contribution is -2.49. The molecule has 0 saturated carbocycles. The Kier molecular flexibility index (Phi) is 10.7. The molecule has 9 heteroatoms. The second-order valence-corrected chi connectivity index (χ2v) is 7.52. The lowest BCUT2D eigenvalue weighted by atomic mass is 9.95. The van der Waals surface area contributed by atoms with Crippen molar-refractivity contribution in [3.63, 3.8) is 0 Å². The predicted octanol–water partition coefficient (Wildman–Crippen LogP) is 2.36. The number of benzene rings is 1. The standard InChI is InChI=1S/C22H34N4O4.HI/c1-4-30-20-15-17(5-6-19(20)28-3)16-24-22(23-2)26-9-7-18(8-10-26)21(27)25-11-13-29-14-12-25;/h5-6,15,18H,4,7-14,16H2,1-3H3,(H,23,24);1H. The molecule has 2 fully saturated rings. The van der Waals surface area contributed by atoms with Gasteiger partial charge in [0.05, 0.1) is 26.9 Å². The molecule has 1 aromatic carbocycles. The summed E-state index contributed by atoms with van der Waals surface area (Å²) >= 11 is 0. The highest BCUT2D eigenvalue weighted by atomic mass is 127. The van der Waals surface area contributed by atoms with Gasteiger partial charge in [0, 0.05) is 45.7 Å². The minimum absolute atomic E-state index is 0. The normalized spacial score (nSPS) is 17.7. The molecule has 174 valence electrons. The molecule has 0 unspecified atom stereocenters. The highest BCUT2D eigenvalue weighted by Gasteiger charge is 2.30. The van der Waals surface area contributed by atoms with Crippen LogP contribution in [-0.2, 0) is 16.1 Å². The number of amides is 1. The Bertz CT molecular complexity index is 732. The van der Waals surface area contributed by atoms with Crippen LogP contribution in [0.5, 0.6) is 11.5 Å². The number of hydrogen-bond donors (Lipinski definition) is 1. The van der Waals surface area contributed by atoms with Gasteiger partial charge in [0.1, 0.15) is 0 Å². The van der Waals surface area contributed by atoms with E-state index in [1.165, 1.54) is 0 Å². The lowest BCUT2D eigenvalue weighted by molar-refractivity contribution is -0.140. The number of morpholine rings is 1. The van der Waals surface area contributed by atoms with Gasteiger partial charge in [-0.15, -0.1) is 24.0 Å². The first-order chi connectivity index (χ1) is 14.7. The van der Waals surface area contributed by atoms with Crippen LogP contribution in [0.2, 0.25) is 0 Å². The Morgan fingerprint density at radius 1 is 1.16 bits per heavy atom.